The maximum atomic E-state index is 11.2. The van der Waals surface area contributed by atoms with Crippen molar-refractivity contribution < 1.29 is 0 Å². The van der Waals surface area contributed by atoms with Crippen LogP contribution in [0.4, 0.5) is 5.69 Å². The van der Waals surface area contributed by atoms with Crippen LogP contribution in [0.3, 0.4) is 0 Å². The molecular formula is C10H10ClN3OS. The van der Waals surface area contributed by atoms with Crippen molar-refractivity contribution in [2.45, 2.75) is 6.54 Å². The minimum Gasteiger partial charge on any atom is -0.377 e. The number of nitrogens with zero attached hydrogens (tertiary/aromatic N) is 2. The molecular weight excluding hydrogens is 246 g/mol. The molecule has 0 radical (unpaired) electrons. The molecule has 0 amide bonds. The Morgan fingerprint density at radius 3 is 3.00 bits per heavy atom. The number of hydrogen-bond acceptors (Lipinski definition) is 4. The summed E-state index contributed by atoms with van der Waals surface area (Å²) >= 11 is 7.21. The van der Waals surface area contributed by atoms with E-state index >= 15 is 0 Å². The first-order valence-electron chi connectivity index (χ1n) is 4.66. The van der Waals surface area contributed by atoms with Crippen LogP contribution in [0.25, 0.3) is 0 Å². The third-order valence-electron chi connectivity index (χ3n) is 2.05. The molecule has 0 fully saturated rings. The summed E-state index contributed by atoms with van der Waals surface area (Å²) in [6.07, 6.45) is 3.38. The van der Waals surface area contributed by atoms with Gasteiger partial charge in [-0.25, -0.2) is 4.98 Å². The first-order chi connectivity index (χ1) is 7.65. The lowest BCUT2D eigenvalue weighted by molar-refractivity contribution is 0.859. The standard InChI is InChI=1S/C10H10ClN3OS/c1-14-6-7(2-3-10(14)15)12-5-9-13-4-8(11)16-9/h2-4,6,12H,5H2,1H3. The Hall–Kier alpha value is -1.33. The maximum absolute atomic E-state index is 11.2. The monoisotopic (exact) mass is 255 g/mol. The van der Waals surface area contributed by atoms with E-state index in [0.717, 1.165) is 10.7 Å². The molecule has 2 aromatic heterocycles. The summed E-state index contributed by atoms with van der Waals surface area (Å²) in [6.45, 7) is 0.607. The number of nitrogens with one attached hydrogen (secondary N) is 1. The van der Waals surface area contributed by atoms with Gasteiger partial charge < -0.3 is 9.88 Å². The van der Waals surface area contributed by atoms with Gasteiger partial charge in [-0.1, -0.05) is 11.6 Å². The van der Waals surface area contributed by atoms with Crippen LogP contribution in [0.2, 0.25) is 4.34 Å². The van der Waals surface area contributed by atoms with Gasteiger partial charge in [0.2, 0.25) is 5.56 Å². The van der Waals surface area contributed by atoms with Crippen molar-refractivity contribution in [3.8, 4) is 0 Å². The summed E-state index contributed by atoms with van der Waals surface area (Å²) in [4.78, 5) is 15.3. The zero-order valence-electron chi connectivity index (χ0n) is 8.61. The fourth-order valence-corrected chi connectivity index (χ4v) is 2.14. The minimum absolute atomic E-state index is 0.0251. The normalized spacial score (nSPS) is 10.4. The molecule has 4 nitrogen and oxygen atoms in total. The van der Waals surface area contributed by atoms with E-state index in [9.17, 15) is 4.79 Å². The first kappa shape index (κ1) is 11.2. The number of hydrogen-bond donors (Lipinski definition) is 1. The summed E-state index contributed by atoms with van der Waals surface area (Å²) in [5, 5.41) is 4.09. The second kappa shape index (κ2) is 4.67. The third kappa shape index (κ3) is 2.62. The molecule has 2 heterocycles. The molecule has 0 atom stereocenters. The first-order valence-corrected chi connectivity index (χ1v) is 5.85. The molecule has 2 rings (SSSR count). The second-order valence-electron chi connectivity index (χ2n) is 3.28. The molecule has 0 aliphatic heterocycles. The van der Waals surface area contributed by atoms with Gasteiger partial charge in [-0.2, -0.15) is 0 Å². The summed E-state index contributed by atoms with van der Waals surface area (Å²) in [6, 6.07) is 3.27. The minimum atomic E-state index is -0.0251. The van der Waals surface area contributed by atoms with Crippen molar-refractivity contribution in [2.24, 2.45) is 7.05 Å². The fraction of sp³-hybridized carbons (Fsp3) is 0.200. The lowest BCUT2D eigenvalue weighted by Gasteiger charge is -2.05. The van der Waals surface area contributed by atoms with Gasteiger partial charge in [0.05, 0.1) is 18.4 Å². The molecule has 1 N–H and O–H groups in total. The van der Waals surface area contributed by atoms with Crippen molar-refractivity contribution in [1.29, 1.82) is 0 Å². The average molecular weight is 256 g/mol. The highest BCUT2D eigenvalue weighted by Crippen LogP contribution is 2.18. The Morgan fingerprint density at radius 1 is 1.56 bits per heavy atom. The van der Waals surface area contributed by atoms with Crippen molar-refractivity contribution in [2.75, 3.05) is 5.32 Å². The molecule has 0 saturated carbocycles. The Kier molecular flexibility index (Phi) is 3.26. The lowest BCUT2D eigenvalue weighted by Crippen LogP contribution is -2.15. The van der Waals surface area contributed by atoms with Crippen LogP contribution in [-0.4, -0.2) is 9.55 Å². The summed E-state index contributed by atoms with van der Waals surface area (Å²) in [5.41, 5.74) is 0.858. The van der Waals surface area contributed by atoms with Crippen molar-refractivity contribution in [3.63, 3.8) is 0 Å². The molecule has 0 aliphatic rings. The molecule has 84 valence electrons. The number of anilines is 1. The number of pyridine rings is 1. The molecule has 0 aromatic carbocycles. The van der Waals surface area contributed by atoms with Crippen LogP contribution >= 0.6 is 22.9 Å². The lowest BCUT2D eigenvalue weighted by atomic mass is 10.4. The molecule has 2 aromatic rings. The molecule has 0 spiro atoms. The molecule has 0 unspecified atom stereocenters. The zero-order valence-corrected chi connectivity index (χ0v) is 10.2. The van der Waals surface area contributed by atoms with Crippen LogP contribution < -0.4 is 10.9 Å². The number of thiazole rings is 1. The van der Waals surface area contributed by atoms with Crippen LogP contribution in [0.5, 0.6) is 0 Å². The zero-order chi connectivity index (χ0) is 11.5. The van der Waals surface area contributed by atoms with E-state index < -0.39 is 0 Å². The molecule has 6 heteroatoms. The van der Waals surface area contributed by atoms with Gasteiger partial charge >= 0.3 is 0 Å². The largest absolute Gasteiger partial charge is 0.377 e. The highest BCUT2D eigenvalue weighted by atomic mass is 35.5. The second-order valence-corrected chi connectivity index (χ2v) is 5.03. The topological polar surface area (TPSA) is 46.9 Å². The van der Waals surface area contributed by atoms with Crippen molar-refractivity contribution >= 4 is 28.6 Å². The van der Waals surface area contributed by atoms with Gasteiger partial charge in [0, 0.05) is 19.3 Å². The smallest absolute Gasteiger partial charge is 0.250 e. The summed E-state index contributed by atoms with van der Waals surface area (Å²) < 4.78 is 2.20. The third-order valence-corrected chi connectivity index (χ3v) is 3.17. The van der Waals surface area contributed by atoms with E-state index in [2.05, 4.69) is 10.3 Å². The number of aromatic nitrogens is 2. The van der Waals surface area contributed by atoms with Gasteiger partial charge in [-0.15, -0.1) is 11.3 Å². The SMILES string of the molecule is Cn1cc(NCc2ncc(Cl)s2)ccc1=O. The van der Waals surface area contributed by atoms with Crippen LogP contribution in [-0.2, 0) is 13.6 Å². The van der Waals surface area contributed by atoms with Crippen LogP contribution in [0, 0.1) is 0 Å². The maximum Gasteiger partial charge on any atom is 0.250 e. The van der Waals surface area contributed by atoms with Crippen LogP contribution in [0.1, 0.15) is 5.01 Å². The Labute approximate surface area is 102 Å². The van der Waals surface area contributed by atoms with Gasteiger partial charge in [-0.3, -0.25) is 4.79 Å². The molecule has 0 saturated heterocycles. The summed E-state index contributed by atoms with van der Waals surface area (Å²) in [5.74, 6) is 0. The van der Waals surface area contributed by atoms with E-state index in [0.29, 0.717) is 10.9 Å². The fourth-order valence-electron chi connectivity index (χ4n) is 1.25. The van der Waals surface area contributed by atoms with Gasteiger partial charge in [0.1, 0.15) is 9.34 Å². The van der Waals surface area contributed by atoms with Gasteiger partial charge in [-0.05, 0) is 6.07 Å². The average Bonchev–Trinajstić information content (AvgIpc) is 2.66. The van der Waals surface area contributed by atoms with Crippen molar-refractivity contribution in [1.82, 2.24) is 9.55 Å². The highest BCUT2D eigenvalue weighted by Gasteiger charge is 2.00. The quantitative estimate of drug-likeness (QED) is 0.914. The van der Waals surface area contributed by atoms with Crippen molar-refractivity contribution in [3.05, 3.63) is 44.2 Å². The van der Waals surface area contributed by atoms with Gasteiger partial charge in [0.15, 0.2) is 0 Å². The van der Waals surface area contributed by atoms with E-state index in [4.69, 9.17) is 11.6 Å². The Balaban J connectivity index is 2.05. The highest BCUT2D eigenvalue weighted by molar-refractivity contribution is 7.15. The number of halogens is 1. The number of aryl methyl sites for hydroxylation is 1. The summed E-state index contributed by atoms with van der Waals surface area (Å²) in [7, 11) is 1.72. The predicted molar refractivity (Wildman–Crippen MR) is 66.1 cm³/mol. The van der Waals surface area contributed by atoms with Crippen LogP contribution in [0.15, 0.2) is 29.3 Å². The number of rotatable bonds is 3. The Bertz CT molecular complexity index is 549. The molecule has 16 heavy (non-hydrogen) atoms. The van der Waals surface area contributed by atoms with Gasteiger partial charge in [0.25, 0.3) is 0 Å². The molecule has 0 bridgehead atoms. The Morgan fingerprint density at radius 2 is 2.38 bits per heavy atom. The van der Waals surface area contributed by atoms with E-state index in [-0.39, 0.29) is 5.56 Å². The van der Waals surface area contributed by atoms with E-state index in [1.165, 1.54) is 22.0 Å². The van der Waals surface area contributed by atoms with E-state index in [1.54, 1.807) is 25.5 Å². The van der Waals surface area contributed by atoms with E-state index in [1.807, 2.05) is 0 Å². The predicted octanol–water partition coefficient (Wildman–Crippen LogP) is 2.11. The molecule has 0 aliphatic carbocycles.